The Morgan fingerprint density at radius 1 is 1.24 bits per heavy atom. The molecule has 0 atom stereocenters. The molecule has 0 saturated heterocycles. The molecular formula is C23H32N4O2. The van der Waals surface area contributed by atoms with Crippen molar-refractivity contribution in [2.24, 2.45) is 5.73 Å². The second kappa shape index (κ2) is 13.0. The van der Waals surface area contributed by atoms with Crippen molar-refractivity contribution in [2.75, 3.05) is 6.54 Å². The van der Waals surface area contributed by atoms with Crippen LogP contribution in [0.15, 0.2) is 66.7 Å². The number of hydrogen-bond donors (Lipinski definition) is 4. The lowest BCUT2D eigenvalue weighted by molar-refractivity contribution is -0.120. The molecule has 6 nitrogen and oxygen atoms in total. The number of nitrogens with two attached hydrogens (primary N) is 1. The van der Waals surface area contributed by atoms with Crippen LogP contribution in [0.1, 0.15) is 43.9 Å². The molecule has 0 saturated carbocycles. The molecule has 0 aliphatic heterocycles. The van der Waals surface area contributed by atoms with Crippen LogP contribution in [0.3, 0.4) is 0 Å². The van der Waals surface area contributed by atoms with E-state index in [-0.39, 0.29) is 11.8 Å². The summed E-state index contributed by atoms with van der Waals surface area (Å²) in [5.74, 6) is -0.241. The molecule has 1 aromatic heterocycles. The van der Waals surface area contributed by atoms with Crippen LogP contribution in [0.4, 0.5) is 0 Å². The van der Waals surface area contributed by atoms with Crippen molar-refractivity contribution < 1.29 is 9.59 Å². The highest BCUT2D eigenvalue weighted by atomic mass is 16.2. The molecule has 0 aliphatic carbocycles. The number of nitrogens with one attached hydrogen (secondary N) is 3. The van der Waals surface area contributed by atoms with E-state index in [0.717, 1.165) is 30.5 Å². The fraction of sp³-hybridized carbons (Fsp3) is 0.304. The molecule has 1 aromatic rings. The van der Waals surface area contributed by atoms with E-state index in [1.807, 2.05) is 26.1 Å². The normalized spacial score (nSPS) is 12.4. The van der Waals surface area contributed by atoms with Gasteiger partial charge in [-0.2, -0.15) is 0 Å². The number of aryl methyl sites for hydroxylation is 1. The fourth-order valence-corrected chi connectivity index (χ4v) is 2.62. The van der Waals surface area contributed by atoms with Crippen LogP contribution >= 0.6 is 0 Å². The van der Waals surface area contributed by atoms with Gasteiger partial charge in [0.15, 0.2) is 0 Å². The largest absolute Gasteiger partial charge is 0.397 e. The molecule has 0 aliphatic rings. The summed E-state index contributed by atoms with van der Waals surface area (Å²) in [5.41, 5.74) is 9.38. The first-order valence-corrected chi connectivity index (χ1v) is 9.74. The van der Waals surface area contributed by atoms with E-state index in [1.54, 1.807) is 30.4 Å². The lowest BCUT2D eigenvalue weighted by Crippen LogP contribution is -2.26. The molecule has 1 heterocycles. The number of amides is 2. The van der Waals surface area contributed by atoms with E-state index in [9.17, 15) is 9.59 Å². The lowest BCUT2D eigenvalue weighted by atomic mass is 10.1. The Morgan fingerprint density at radius 3 is 2.59 bits per heavy atom. The summed E-state index contributed by atoms with van der Waals surface area (Å²) in [6, 6.07) is 1.95. The average Bonchev–Trinajstić information content (AvgIpc) is 3.11. The molecule has 5 N–H and O–H groups in total. The third-order valence-corrected chi connectivity index (χ3v) is 4.32. The molecule has 0 spiro atoms. The molecule has 1 rings (SSSR count). The van der Waals surface area contributed by atoms with Gasteiger partial charge in [-0.3, -0.25) is 9.59 Å². The zero-order chi connectivity index (χ0) is 21.6. The Hall–Kier alpha value is -3.28. The Kier molecular flexibility index (Phi) is 10.6. The van der Waals surface area contributed by atoms with E-state index >= 15 is 0 Å². The maximum atomic E-state index is 12.3. The average molecular weight is 397 g/mol. The second-order valence-electron chi connectivity index (χ2n) is 6.55. The van der Waals surface area contributed by atoms with Gasteiger partial charge in [-0.15, -0.1) is 0 Å². The van der Waals surface area contributed by atoms with Gasteiger partial charge < -0.3 is 21.4 Å². The van der Waals surface area contributed by atoms with E-state index in [0.29, 0.717) is 29.9 Å². The zero-order valence-corrected chi connectivity index (χ0v) is 17.4. The molecule has 0 unspecified atom stereocenters. The van der Waals surface area contributed by atoms with E-state index in [1.165, 1.54) is 0 Å². The first kappa shape index (κ1) is 23.8. The Balaban J connectivity index is 2.32. The van der Waals surface area contributed by atoms with E-state index < -0.39 is 0 Å². The minimum atomic E-state index is -0.158. The fourth-order valence-electron chi connectivity index (χ4n) is 2.62. The van der Waals surface area contributed by atoms with Gasteiger partial charge in [0.25, 0.3) is 5.91 Å². The molecule has 6 heteroatoms. The minimum Gasteiger partial charge on any atom is -0.397 e. The van der Waals surface area contributed by atoms with Crippen molar-refractivity contribution in [2.45, 2.75) is 39.5 Å². The van der Waals surface area contributed by atoms with Crippen LogP contribution in [0, 0.1) is 6.92 Å². The first-order chi connectivity index (χ1) is 13.9. The standard InChI is InChI=1S/C23H32N4O2/c1-5-11-19(24)20(7-3)27-22(28)12-9-8-10-14-26-23(29)18(6-2)16-21-17(4)13-15-25-21/h5-7,11,13,15-16,25H,1-2,8-10,12,14,24H2,3-4H3,(H,26,29)(H,27,28)/b18-16+,19-11+,20-7+. The maximum absolute atomic E-state index is 12.3. The molecule has 29 heavy (non-hydrogen) atoms. The Bertz CT molecular complexity index is 813. The number of unbranched alkanes of at least 4 members (excludes halogenated alkanes) is 2. The predicted molar refractivity (Wildman–Crippen MR) is 120 cm³/mol. The zero-order valence-electron chi connectivity index (χ0n) is 17.4. The van der Waals surface area contributed by atoms with E-state index in [4.69, 9.17) is 5.73 Å². The van der Waals surface area contributed by atoms with Crippen molar-refractivity contribution in [3.63, 3.8) is 0 Å². The Morgan fingerprint density at radius 2 is 2.00 bits per heavy atom. The predicted octanol–water partition coefficient (Wildman–Crippen LogP) is 3.62. The molecule has 0 radical (unpaired) electrons. The summed E-state index contributed by atoms with van der Waals surface area (Å²) in [6.45, 7) is 11.6. The SMILES string of the molecule is C=C/C=C(N)\C(=C/C)NC(=O)CCCCCNC(=O)/C(C=C)=C/c1[nH]ccc1C. The quantitative estimate of drug-likeness (QED) is 0.247. The van der Waals surface area contributed by atoms with Crippen LogP contribution in [-0.4, -0.2) is 23.3 Å². The highest BCUT2D eigenvalue weighted by molar-refractivity contribution is 6.00. The van der Waals surface area contributed by atoms with Crippen LogP contribution in [0.25, 0.3) is 6.08 Å². The highest BCUT2D eigenvalue weighted by Crippen LogP contribution is 2.11. The van der Waals surface area contributed by atoms with Gasteiger partial charge in [-0.05, 0) is 50.5 Å². The van der Waals surface area contributed by atoms with Gasteiger partial charge in [-0.25, -0.2) is 0 Å². The summed E-state index contributed by atoms with van der Waals surface area (Å²) in [5, 5.41) is 5.69. The number of aromatic amines is 1. The number of rotatable bonds is 12. The molecule has 156 valence electrons. The third-order valence-electron chi connectivity index (χ3n) is 4.32. The number of aromatic nitrogens is 1. The Labute approximate surface area is 173 Å². The third kappa shape index (κ3) is 8.51. The molecule has 2 amide bonds. The molecule has 0 bridgehead atoms. The number of carbonyl (C=O) groups excluding carboxylic acids is 2. The summed E-state index contributed by atoms with van der Waals surface area (Å²) in [7, 11) is 0. The summed E-state index contributed by atoms with van der Waals surface area (Å²) in [4.78, 5) is 27.4. The molecule has 0 aromatic carbocycles. The van der Waals surface area contributed by atoms with Gasteiger partial charge in [-0.1, -0.05) is 37.8 Å². The van der Waals surface area contributed by atoms with Crippen molar-refractivity contribution >= 4 is 17.9 Å². The smallest absolute Gasteiger partial charge is 0.251 e. The second-order valence-corrected chi connectivity index (χ2v) is 6.55. The topological polar surface area (TPSA) is 100 Å². The first-order valence-electron chi connectivity index (χ1n) is 9.74. The summed E-state index contributed by atoms with van der Waals surface area (Å²) >= 11 is 0. The minimum absolute atomic E-state index is 0.0826. The van der Waals surface area contributed by atoms with E-state index in [2.05, 4.69) is 28.8 Å². The highest BCUT2D eigenvalue weighted by Gasteiger charge is 2.08. The maximum Gasteiger partial charge on any atom is 0.251 e. The lowest BCUT2D eigenvalue weighted by Gasteiger charge is -2.10. The molecule has 0 fully saturated rings. The molecular weight excluding hydrogens is 364 g/mol. The van der Waals surface area contributed by atoms with Crippen LogP contribution in [0.5, 0.6) is 0 Å². The van der Waals surface area contributed by atoms with Gasteiger partial charge in [0.2, 0.25) is 5.91 Å². The van der Waals surface area contributed by atoms with Crippen LogP contribution < -0.4 is 16.4 Å². The van der Waals surface area contributed by atoms with Gasteiger partial charge >= 0.3 is 0 Å². The number of carbonyl (C=O) groups is 2. The van der Waals surface area contributed by atoms with Crippen LogP contribution in [-0.2, 0) is 9.59 Å². The van der Waals surface area contributed by atoms with Crippen molar-refractivity contribution in [1.82, 2.24) is 15.6 Å². The monoisotopic (exact) mass is 396 g/mol. The van der Waals surface area contributed by atoms with Gasteiger partial charge in [0, 0.05) is 30.4 Å². The summed E-state index contributed by atoms with van der Waals surface area (Å²) < 4.78 is 0. The van der Waals surface area contributed by atoms with Gasteiger partial charge in [0.1, 0.15) is 0 Å². The van der Waals surface area contributed by atoms with Crippen molar-refractivity contribution in [3.05, 3.63) is 77.9 Å². The van der Waals surface area contributed by atoms with Crippen molar-refractivity contribution in [3.8, 4) is 0 Å². The van der Waals surface area contributed by atoms with Crippen molar-refractivity contribution in [1.29, 1.82) is 0 Å². The van der Waals surface area contributed by atoms with Gasteiger partial charge in [0.05, 0.1) is 11.4 Å². The number of H-pyrrole nitrogens is 1. The summed E-state index contributed by atoms with van der Waals surface area (Å²) in [6.07, 6.45) is 12.9. The number of allylic oxidation sites excluding steroid dienone is 3. The number of hydrogen-bond acceptors (Lipinski definition) is 3. The van der Waals surface area contributed by atoms with Crippen LogP contribution in [0.2, 0.25) is 0 Å².